The molecule has 3 heterocycles. The molecule has 0 bridgehead atoms. The van der Waals surface area contributed by atoms with Gasteiger partial charge in [0.25, 0.3) is 0 Å². The molecule has 1 aliphatic rings. The number of amides is 1. The number of fused-ring (bicyclic) bond motifs is 3. The summed E-state index contributed by atoms with van der Waals surface area (Å²) in [4.78, 5) is 26.2. The average molecular weight is 560 g/mol. The SMILES string of the molecule is COC(=O)N=c1n(C)c2cnc3ccc(-c4ccc(C)cc4)cc3c2n1-c1cc(C#N)c(N2CCN(C)CC2)cc1C. The minimum absolute atomic E-state index is 0.381. The summed E-state index contributed by atoms with van der Waals surface area (Å²) in [6.07, 6.45) is 1.09. The molecule has 9 heteroatoms. The van der Waals surface area contributed by atoms with E-state index >= 15 is 0 Å². The molecule has 1 saturated heterocycles. The second-order valence-electron chi connectivity index (χ2n) is 10.9. The monoisotopic (exact) mass is 559 g/mol. The van der Waals surface area contributed by atoms with Crippen LogP contribution in [0.3, 0.4) is 0 Å². The van der Waals surface area contributed by atoms with E-state index in [1.54, 1.807) is 6.20 Å². The second-order valence-corrected chi connectivity index (χ2v) is 10.9. The summed E-state index contributed by atoms with van der Waals surface area (Å²) in [6.45, 7) is 7.69. The van der Waals surface area contributed by atoms with Gasteiger partial charge in [0.05, 0.1) is 46.8 Å². The smallest absolute Gasteiger partial charge is 0.436 e. The van der Waals surface area contributed by atoms with E-state index in [-0.39, 0.29) is 0 Å². The Morgan fingerprint density at radius 3 is 2.36 bits per heavy atom. The van der Waals surface area contributed by atoms with Gasteiger partial charge in [-0.15, -0.1) is 4.99 Å². The number of carbonyl (C=O) groups is 1. The molecule has 0 radical (unpaired) electrons. The van der Waals surface area contributed by atoms with Crippen LogP contribution in [0.4, 0.5) is 10.5 Å². The number of likely N-dealkylation sites (N-methyl/N-ethyl adjacent to an activating group) is 1. The molecule has 6 rings (SSSR count). The molecule has 0 spiro atoms. The summed E-state index contributed by atoms with van der Waals surface area (Å²) in [5.41, 5.74) is 9.42. The number of methoxy groups -OCH3 is 1. The van der Waals surface area contributed by atoms with E-state index in [0.717, 1.165) is 76.2 Å². The molecule has 0 N–H and O–H groups in total. The molecule has 212 valence electrons. The normalized spacial score (nSPS) is 14.5. The molecule has 1 fully saturated rings. The van der Waals surface area contributed by atoms with Crippen LogP contribution in [0.15, 0.2) is 65.8 Å². The lowest BCUT2D eigenvalue weighted by molar-refractivity contribution is 0.181. The molecule has 1 amide bonds. The Hall–Kier alpha value is -4.94. The van der Waals surface area contributed by atoms with Crippen LogP contribution in [0.5, 0.6) is 0 Å². The Balaban J connectivity index is 1.66. The molecule has 0 aliphatic carbocycles. The van der Waals surface area contributed by atoms with Crippen molar-refractivity contribution in [1.82, 2.24) is 19.0 Å². The van der Waals surface area contributed by atoms with Gasteiger partial charge in [-0.3, -0.25) is 9.55 Å². The first-order chi connectivity index (χ1) is 20.3. The first-order valence-corrected chi connectivity index (χ1v) is 14.0. The highest BCUT2D eigenvalue weighted by atomic mass is 16.5. The summed E-state index contributed by atoms with van der Waals surface area (Å²) < 4.78 is 8.74. The summed E-state index contributed by atoms with van der Waals surface area (Å²) in [5.74, 6) is 0. The van der Waals surface area contributed by atoms with E-state index in [9.17, 15) is 10.1 Å². The lowest BCUT2D eigenvalue weighted by atomic mass is 10.0. The van der Waals surface area contributed by atoms with E-state index in [2.05, 4.69) is 77.3 Å². The minimum atomic E-state index is -0.709. The number of ether oxygens (including phenoxy) is 1. The maximum atomic E-state index is 12.5. The van der Waals surface area contributed by atoms with Crippen LogP contribution < -0.4 is 10.5 Å². The van der Waals surface area contributed by atoms with Gasteiger partial charge in [0, 0.05) is 38.6 Å². The molecule has 2 aromatic heterocycles. The van der Waals surface area contributed by atoms with Crippen LogP contribution in [0, 0.1) is 25.2 Å². The van der Waals surface area contributed by atoms with Crippen LogP contribution in [0.25, 0.3) is 38.8 Å². The minimum Gasteiger partial charge on any atom is -0.451 e. The number of imidazole rings is 1. The number of carbonyl (C=O) groups excluding carboxylic acids is 1. The number of aryl methyl sites for hydroxylation is 3. The topological polar surface area (TPSA) is 91.7 Å². The Kier molecular flexibility index (Phi) is 7.01. The molecular weight excluding hydrogens is 526 g/mol. The zero-order valence-electron chi connectivity index (χ0n) is 24.5. The van der Waals surface area contributed by atoms with Crippen LogP contribution in [-0.2, 0) is 11.8 Å². The average Bonchev–Trinajstić information content (AvgIpc) is 3.28. The van der Waals surface area contributed by atoms with Crippen LogP contribution in [0.2, 0.25) is 0 Å². The first kappa shape index (κ1) is 27.2. The predicted molar refractivity (Wildman–Crippen MR) is 165 cm³/mol. The standard InChI is InChI=1S/C33H33N7O2/c1-21-6-8-23(9-7-21)24-10-11-27-26(17-24)31-30(20-35-27)38(4)32(36-33(41)42-5)40(31)28-18-25(19-34)29(16-22(28)2)39-14-12-37(3)13-15-39/h6-11,16-18,20H,12-15H2,1-5H3. The number of nitrogens with zero attached hydrogens (tertiary/aromatic N) is 7. The van der Waals surface area contributed by atoms with E-state index < -0.39 is 6.09 Å². The molecule has 3 aromatic carbocycles. The molecule has 42 heavy (non-hydrogen) atoms. The number of nitriles is 1. The molecule has 5 aromatic rings. The number of pyridine rings is 1. The lowest BCUT2D eigenvalue weighted by Gasteiger charge is -2.34. The van der Waals surface area contributed by atoms with Crippen molar-refractivity contribution in [1.29, 1.82) is 5.26 Å². The predicted octanol–water partition coefficient (Wildman–Crippen LogP) is 5.09. The largest absolute Gasteiger partial charge is 0.451 e. The number of hydrogen-bond donors (Lipinski definition) is 0. The number of piperazine rings is 1. The summed E-state index contributed by atoms with van der Waals surface area (Å²) >= 11 is 0. The highest BCUT2D eigenvalue weighted by Crippen LogP contribution is 2.33. The van der Waals surface area contributed by atoms with E-state index in [4.69, 9.17) is 9.72 Å². The van der Waals surface area contributed by atoms with Crippen molar-refractivity contribution >= 4 is 33.7 Å². The van der Waals surface area contributed by atoms with Gasteiger partial charge in [-0.25, -0.2) is 4.79 Å². The maximum absolute atomic E-state index is 12.5. The zero-order valence-corrected chi connectivity index (χ0v) is 24.5. The fraction of sp³-hybridized carbons (Fsp3) is 0.273. The van der Waals surface area contributed by atoms with E-state index in [1.165, 1.54) is 12.7 Å². The van der Waals surface area contributed by atoms with Crippen LogP contribution in [0.1, 0.15) is 16.7 Å². The highest BCUT2D eigenvalue weighted by Gasteiger charge is 2.22. The second kappa shape index (κ2) is 10.8. The van der Waals surface area contributed by atoms with Crippen LogP contribution >= 0.6 is 0 Å². The number of hydrogen-bond acceptors (Lipinski definition) is 6. The maximum Gasteiger partial charge on any atom is 0.436 e. The van der Waals surface area contributed by atoms with Gasteiger partial charge in [0.1, 0.15) is 6.07 Å². The van der Waals surface area contributed by atoms with Crippen molar-refractivity contribution in [3.8, 4) is 22.9 Å². The Morgan fingerprint density at radius 2 is 1.67 bits per heavy atom. The summed E-state index contributed by atoms with van der Waals surface area (Å²) in [6, 6.07) is 21.1. The van der Waals surface area contributed by atoms with Crippen molar-refractivity contribution < 1.29 is 9.53 Å². The molecular formula is C33H33N7O2. The van der Waals surface area contributed by atoms with Crippen LogP contribution in [-0.4, -0.2) is 65.4 Å². The summed E-state index contributed by atoms with van der Waals surface area (Å²) in [7, 11) is 5.29. The highest BCUT2D eigenvalue weighted by molar-refractivity contribution is 6.04. The van der Waals surface area contributed by atoms with Gasteiger partial charge in [-0.05, 0) is 61.9 Å². The van der Waals surface area contributed by atoms with E-state index in [1.807, 2.05) is 35.2 Å². The quantitative estimate of drug-likeness (QED) is 0.306. The Morgan fingerprint density at radius 1 is 0.952 bits per heavy atom. The van der Waals surface area contributed by atoms with Crippen molar-refractivity contribution in [3.63, 3.8) is 0 Å². The number of rotatable bonds is 3. The molecule has 1 aliphatic heterocycles. The van der Waals surface area contributed by atoms with Crippen molar-refractivity contribution in [2.24, 2.45) is 12.0 Å². The third kappa shape index (κ3) is 4.70. The van der Waals surface area contributed by atoms with Gasteiger partial charge >= 0.3 is 6.09 Å². The molecule has 9 nitrogen and oxygen atoms in total. The van der Waals surface area contributed by atoms with Gasteiger partial charge < -0.3 is 19.1 Å². The first-order valence-electron chi connectivity index (χ1n) is 14.0. The third-order valence-corrected chi connectivity index (χ3v) is 8.18. The zero-order chi connectivity index (χ0) is 29.5. The molecule has 0 unspecified atom stereocenters. The fourth-order valence-electron chi connectivity index (χ4n) is 5.73. The third-order valence-electron chi connectivity index (χ3n) is 8.18. The molecule has 0 saturated carbocycles. The Labute approximate surface area is 244 Å². The lowest BCUT2D eigenvalue weighted by Crippen LogP contribution is -2.44. The van der Waals surface area contributed by atoms with Gasteiger partial charge in [0.15, 0.2) is 0 Å². The van der Waals surface area contributed by atoms with E-state index in [0.29, 0.717) is 11.2 Å². The number of anilines is 1. The fourth-order valence-corrected chi connectivity index (χ4v) is 5.73. The van der Waals surface area contributed by atoms with Crippen molar-refractivity contribution in [2.45, 2.75) is 13.8 Å². The van der Waals surface area contributed by atoms with Gasteiger partial charge in [-0.2, -0.15) is 5.26 Å². The number of aromatic nitrogens is 3. The number of benzene rings is 3. The van der Waals surface area contributed by atoms with Crippen molar-refractivity contribution in [3.05, 3.63) is 83.1 Å². The molecule has 0 atom stereocenters. The summed E-state index contributed by atoms with van der Waals surface area (Å²) in [5, 5.41) is 11.2. The Bertz CT molecular complexity index is 1950. The van der Waals surface area contributed by atoms with Crippen molar-refractivity contribution in [2.75, 3.05) is 45.2 Å². The van der Waals surface area contributed by atoms with Gasteiger partial charge in [-0.1, -0.05) is 35.9 Å². The van der Waals surface area contributed by atoms with Gasteiger partial charge in [0.2, 0.25) is 5.62 Å².